The Morgan fingerprint density at radius 1 is 1.28 bits per heavy atom. The molecule has 0 aliphatic heterocycles. The molecular weight excluding hydrogens is 232 g/mol. The fraction of sp³-hybridized carbons (Fsp3) is 0.385. The topological polar surface area (TPSA) is 53.2 Å². The van der Waals surface area contributed by atoms with Gasteiger partial charge in [-0.15, -0.1) is 0 Å². The van der Waals surface area contributed by atoms with Crippen molar-refractivity contribution in [1.82, 2.24) is 9.13 Å². The Balaban J connectivity index is 2.25. The van der Waals surface area contributed by atoms with Crippen molar-refractivity contribution in [2.24, 2.45) is 7.05 Å². The van der Waals surface area contributed by atoms with Gasteiger partial charge in [-0.3, -0.25) is 13.9 Å². The minimum absolute atomic E-state index is 0.0546. The lowest BCUT2D eigenvalue weighted by Crippen LogP contribution is -2.22. The number of para-hydroxylation sites is 2. The van der Waals surface area contributed by atoms with E-state index in [1.54, 1.807) is 16.2 Å². The number of nitrogens with zero attached hydrogens (tertiary/aromatic N) is 2. The van der Waals surface area contributed by atoms with Crippen LogP contribution in [0.1, 0.15) is 12.8 Å². The van der Waals surface area contributed by atoms with Crippen molar-refractivity contribution in [2.45, 2.75) is 19.4 Å². The van der Waals surface area contributed by atoms with Crippen molar-refractivity contribution in [3.05, 3.63) is 34.7 Å². The number of aromatic nitrogens is 2. The summed E-state index contributed by atoms with van der Waals surface area (Å²) in [6, 6.07) is 7.63. The van der Waals surface area contributed by atoms with Crippen molar-refractivity contribution < 1.29 is 9.53 Å². The van der Waals surface area contributed by atoms with Crippen LogP contribution in [0.15, 0.2) is 29.1 Å². The third-order valence-corrected chi connectivity index (χ3v) is 3.04. The molecule has 0 unspecified atom stereocenters. The van der Waals surface area contributed by atoms with Crippen LogP contribution in [0.25, 0.3) is 11.0 Å². The molecule has 0 radical (unpaired) electrons. The number of fused-ring (bicyclic) bond motifs is 1. The molecule has 18 heavy (non-hydrogen) atoms. The van der Waals surface area contributed by atoms with Gasteiger partial charge in [-0.25, -0.2) is 4.79 Å². The van der Waals surface area contributed by atoms with Crippen molar-refractivity contribution >= 4 is 17.0 Å². The number of imidazole rings is 1. The summed E-state index contributed by atoms with van der Waals surface area (Å²) >= 11 is 0. The van der Waals surface area contributed by atoms with E-state index in [0.29, 0.717) is 19.4 Å². The predicted molar refractivity (Wildman–Crippen MR) is 68.4 cm³/mol. The molecule has 0 aliphatic carbocycles. The highest BCUT2D eigenvalue weighted by Gasteiger charge is 2.10. The van der Waals surface area contributed by atoms with Crippen LogP contribution in [0.2, 0.25) is 0 Å². The molecule has 1 aromatic carbocycles. The summed E-state index contributed by atoms with van der Waals surface area (Å²) in [5.41, 5.74) is 1.75. The number of carbonyl (C=O) groups excluding carboxylic acids is 1. The van der Waals surface area contributed by atoms with Crippen molar-refractivity contribution in [3.63, 3.8) is 0 Å². The van der Waals surface area contributed by atoms with Crippen molar-refractivity contribution in [1.29, 1.82) is 0 Å². The fourth-order valence-corrected chi connectivity index (χ4v) is 2.06. The molecule has 0 N–H and O–H groups in total. The van der Waals surface area contributed by atoms with E-state index in [9.17, 15) is 9.59 Å². The Hall–Kier alpha value is -2.04. The van der Waals surface area contributed by atoms with Gasteiger partial charge in [0.2, 0.25) is 0 Å². The lowest BCUT2D eigenvalue weighted by molar-refractivity contribution is -0.140. The number of esters is 1. The second kappa shape index (κ2) is 5.08. The largest absolute Gasteiger partial charge is 0.469 e. The fourth-order valence-electron chi connectivity index (χ4n) is 2.06. The normalized spacial score (nSPS) is 10.8. The molecule has 96 valence electrons. The monoisotopic (exact) mass is 248 g/mol. The summed E-state index contributed by atoms with van der Waals surface area (Å²) in [5.74, 6) is -0.247. The van der Waals surface area contributed by atoms with Crippen molar-refractivity contribution in [2.75, 3.05) is 7.11 Å². The molecule has 1 heterocycles. The number of hydrogen-bond acceptors (Lipinski definition) is 3. The van der Waals surface area contributed by atoms with Crippen LogP contribution < -0.4 is 5.69 Å². The van der Waals surface area contributed by atoms with Gasteiger partial charge in [0.25, 0.3) is 0 Å². The van der Waals surface area contributed by atoms with Crippen LogP contribution in [0.4, 0.5) is 0 Å². The minimum atomic E-state index is -0.247. The zero-order valence-electron chi connectivity index (χ0n) is 10.5. The van der Waals surface area contributed by atoms with Crippen LogP contribution in [0, 0.1) is 0 Å². The Labute approximate surface area is 105 Å². The zero-order chi connectivity index (χ0) is 13.1. The maximum Gasteiger partial charge on any atom is 0.328 e. The maximum atomic E-state index is 12.0. The van der Waals surface area contributed by atoms with Gasteiger partial charge in [-0.2, -0.15) is 0 Å². The molecule has 0 amide bonds. The van der Waals surface area contributed by atoms with Gasteiger partial charge >= 0.3 is 11.7 Å². The van der Waals surface area contributed by atoms with E-state index in [2.05, 4.69) is 4.74 Å². The first-order valence-corrected chi connectivity index (χ1v) is 5.86. The lowest BCUT2D eigenvalue weighted by Gasteiger charge is -2.02. The third kappa shape index (κ3) is 2.16. The Morgan fingerprint density at radius 2 is 1.94 bits per heavy atom. The molecule has 1 aromatic heterocycles. The Morgan fingerprint density at radius 3 is 2.61 bits per heavy atom. The van der Waals surface area contributed by atoms with Gasteiger partial charge in [0.15, 0.2) is 0 Å². The molecule has 0 atom stereocenters. The number of carbonyl (C=O) groups is 1. The van der Waals surface area contributed by atoms with E-state index in [1.165, 1.54) is 7.11 Å². The highest BCUT2D eigenvalue weighted by Crippen LogP contribution is 2.12. The van der Waals surface area contributed by atoms with E-state index >= 15 is 0 Å². The number of hydrogen-bond donors (Lipinski definition) is 0. The van der Waals surface area contributed by atoms with E-state index in [-0.39, 0.29) is 11.7 Å². The predicted octanol–water partition coefficient (Wildman–Crippen LogP) is 1.29. The van der Waals surface area contributed by atoms with Crippen LogP contribution in [-0.2, 0) is 23.1 Å². The minimum Gasteiger partial charge on any atom is -0.469 e. The SMILES string of the molecule is COC(=O)CCCn1c(=O)n(C)c2ccccc21. The summed E-state index contributed by atoms with van der Waals surface area (Å²) in [6.45, 7) is 0.523. The van der Waals surface area contributed by atoms with Gasteiger partial charge < -0.3 is 4.74 Å². The molecular formula is C13H16N2O3. The van der Waals surface area contributed by atoms with Crippen molar-refractivity contribution in [3.8, 4) is 0 Å². The number of aryl methyl sites for hydroxylation is 2. The standard InChI is InChI=1S/C13H16N2O3/c1-14-10-6-3-4-7-11(10)15(13(14)17)9-5-8-12(16)18-2/h3-4,6-7H,5,8-9H2,1-2H3. The molecule has 0 bridgehead atoms. The van der Waals surface area contributed by atoms with Crippen LogP contribution in [-0.4, -0.2) is 22.2 Å². The van der Waals surface area contributed by atoms with E-state index in [0.717, 1.165) is 11.0 Å². The summed E-state index contributed by atoms with van der Waals surface area (Å²) in [6.07, 6.45) is 0.923. The Bertz CT molecular complexity index is 625. The number of ether oxygens (including phenoxy) is 1. The molecule has 5 heteroatoms. The highest BCUT2D eigenvalue weighted by atomic mass is 16.5. The molecule has 5 nitrogen and oxygen atoms in total. The molecule has 2 aromatic rings. The second-order valence-corrected chi connectivity index (χ2v) is 4.16. The quantitative estimate of drug-likeness (QED) is 0.766. The van der Waals surface area contributed by atoms with E-state index in [4.69, 9.17) is 0 Å². The van der Waals surface area contributed by atoms with Gasteiger partial charge in [-0.05, 0) is 18.6 Å². The van der Waals surface area contributed by atoms with Gasteiger partial charge in [0.1, 0.15) is 0 Å². The van der Waals surface area contributed by atoms with Gasteiger partial charge in [-0.1, -0.05) is 12.1 Å². The zero-order valence-corrected chi connectivity index (χ0v) is 10.5. The lowest BCUT2D eigenvalue weighted by atomic mass is 10.3. The summed E-state index contributed by atoms with van der Waals surface area (Å²) in [5, 5.41) is 0. The van der Waals surface area contributed by atoms with Crippen LogP contribution in [0.3, 0.4) is 0 Å². The molecule has 0 saturated carbocycles. The summed E-state index contributed by atoms with van der Waals surface area (Å²) in [4.78, 5) is 23.1. The summed E-state index contributed by atoms with van der Waals surface area (Å²) in [7, 11) is 3.12. The molecule has 0 fully saturated rings. The first kappa shape index (κ1) is 12.4. The molecule has 2 rings (SSSR count). The average Bonchev–Trinajstić information content (AvgIpc) is 2.64. The number of methoxy groups -OCH3 is 1. The Kier molecular flexibility index (Phi) is 3.50. The van der Waals surface area contributed by atoms with E-state index < -0.39 is 0 Å². The molecule has 0 aliphatic rings. The van der Waals surface area contributed by atoms with Crippen LogP contribution in [0.5, 0.6) is 0 Å². The average molecular weight is 248 g/mol. The summed E-state index contributed by atoms with van der Waals surface area (Å²) < 4.78 is 7.89. The van der Waals surface area contributed by atoms with Gasteiger partial charge in [0, 0.05) is 20.0 Å². The highest BCUT2D eigenvalue weighted by molar-refractivity contribution is 5.75. The third-order valence-electron chi connectivity index (χ3n) is 3.04. The number of rotatable bonds is 4. The van der Waals surface area contributed by atoms with Gasteiger partial charge in [0.05, 0.1) is 18.1 Å². The smallest absolute Gasteiger partial charge is 0.328 e. The second-order valence-electron chi connectivity index (χ2n) is 4.16. The first-order chi connectivity index (χ1) is 8.65. The van der Waals surface area contributed by atoms with Crippen LogP contribution >= 0.6 is 0 Å². The first-order valence-electron chi connectivity index (χ1n) is 5.86. The van der Waals surface area contributed by atoms with E-state index in [1.807, 2.05) is 24.3 Å². The molecule has 0 spiro atoms. The number of benzene rings is 1. The molecule has 0 saturated heterocycles. The maximum absolute atomic E-state index is 12.0.